The molecule has 0 heterocycles. The quantitative estimate of drug-likeness (QED) is 0.717. The van der Waals surface area contributed by atoms with Crippen LogP contribution < -0.4 is 4.74 Å². The summed E-state index contributed by atoms with van der Waals surface area (Å²) in [6.07, 6.45) is 0. The van der Waals surface area contributed by atoms with Crippen LogP contribution in [0, 0.1) is 12.7 Å². The van der Waals surface area contributed by atoms with Crippen molar-refractivity contribution in [3.05, 3.63) is 29.6 Å². The van der Waals surface area contributed by atoms with Gasteiger partial charge in [0.2, 0.25) is 0 Å². The molecule has 0 aromatic heterocycles. The first-order chi connectivity index (χ1) is 7.13. The lowest BCUT2D eigenvalue weighted by Gasteiger charge is -2.06. The Labute approximate surface area is 87.8 Å². The van der Waals surface area contributed by atoms with Crippen molar-refractivity contribution in [3.8, 4) is 5.75 Å². The molecule has 0 radical (unpaired) electrons. The van der Waals surface area contributed by atoms with Crippen molar-refractivity contribution in [3.63, 3.8) is 0 Å². The van der Waals surface area contributed by atoms with E-state index in [1.165, 1.54) is 6.07 Å². The molecule has 0 saturated heterocycles. The third-order valence-corrected chi connectivity index (χ3v) is 1.81. The van der Waals surface area contributed by atoms with E-state index < -0.39 is 5.97 Å². The van der Waals surface area contributed by atoms with E-state index in [1.54, 1.807) is 26.0 Å². The van der Waals surface area contributed by atoms with Gasteiger partial charge in [-0.15, -0.1) is 0 Å². The molecular formula is C11H13FO3. The third-order valence-electron chi connectivity index (χ3n) is 1.81. The van der Waals surface area contributed by atoms with Gasteiger partial charge in [0.25, 0.3) is 0 Å². The first-order valence-electron chi connectivity index (χ1n) is 4.68. The predicted octanol–water partition coefficient (Wildman–Crippen LogP) is 2.08. The molecule has 0 amide bonds. The van der Waals surface area contributed by atoms with Crippen LogP contribution in [0.3, 0.4) is 0 Å². The molecule has 3 nitrogen and oxygen atoms in total. The summed E-state index contributed by atoms with van der Waals surface area (Å²) in [5.74, 6) is -0.485. The molecule has 0 saturated carbocycles. The van der Waals surface area contributed by atoms with Crippen LogP contribution in [-0.4, -0.2) is 19.2 Å². The number of hydrogen-bond acceptors (Lipinski definition) is 3. The Morgan fingerprint density at radius 2 is 2.20 bits per heavy atom. The zero-order valence-corrected chi connectivity index (χ0v) is 8.75. The summed E-state index contributed by atoms with van der Waals surface area (Å²) in [6, 6.07) is 4.45. The van der Waals surface area contributed by atoms with Gasteiger partial charge >= 0.3 is 5.97 Å². The van der Waals surface area contributed by atoms with Crippen LogP contribution >= 0.6 is 0 Å². The Morgan fingerprint density at radius 1 is 1.47 bits per heavy atom. The second kappa shape index (κ2) is 5.34. The van der Waals surface area contributed by atoms with Gasteiger partial charge in [0, 0.05) is 6.07 Å². The summed E-state index contributed by atoms with van der Waals surface area (Å²) in [5, 5.41) is 0. The van der Waals surface area contributed by atoms with Crippen LogP contribution in [0.1, 0.15) is 12.5 Å². The van der Waals surface area contributed by atoms with E-state index >= 15 is 0 Å². The molecule has 1 aromatic carbocycles. The second-order valence-corrected chi connectivity index (χ2v) is 3.00. The van der Waals surface area contributed by atoms with Crippen molar-refractivity contribution in [2.24, 2.45) is 0 Å². The van der Waals surface area contributed by atoms with Gasteiger partial charge in [0.15, 0.2) is 6.61 Å². The first-order valence-corrected chi connectivity index (χ1v) is 4.68. The van der Waals surface area contributed by atoms with Gasteiger partial charge in [-0.25, -0.2) is 9.18 Å². The maximum absolute atomic E-state index is 13.1. The minimum absolute atomic E-state index is 0.198. The molecule has 0 aliphatic rings. The molecule has 0 spiro atoms. The van der Waals surface area contributed by atoms with Crippen molar-refractivity contribution in [2.45, 2.75) is 13.8 Å². The number of halogens is 1. The van der Waals surface area contributed by atoms with E-state index in [1.807, 2.05) is 0 Å². The fraction of sp³-hybridized carbons (Fsp3) is 0.364. The molecule has 0 unspecified atom stereocenters. The Kier molecular flexibility index (Phi) is 4.09. The number of benzene rings is 1. The standard InChI is InChI=1S/C11H13FO3/c1-3-14-11(13)7-15-9-5-4-8(2)10(12)6-9/h4-6H,3,7H2,1-2H3. The molecule has 0 aliphatic heterocycles. The van der Waals surface area contributed by atoms with E-state index in [2.05, 4.69) is 4.74 Å². The summed E-state index contributed by atoms with van der Waals surface area (Å²) in [6.45, 7) is 3.48. The summed E-state index contributed by atoms with van der Waals surface area (Å²) < 4.78 is 22.8. The Morgan fingerprint density at radius 3 is 2.80 bits per heavy atom. The van der Waals surface area contributed by atoms with E-state index in [4.69, 9.17) is 4.74 Å². The average Bonchev–Trinajstić information content (AvgIpc) is 2.20. The van der Waals surface area contributed by atoms with Crippen LogP contribution in [0.5, 0.6) is 5.75 Å². The maximum Gasteiger partial charge on any atom is 0.344 e. The number of carbonyl (C=O) groups is 1. The number of hydrogen-bond donors (Lipinski definition) is 0. The van der Waals surface area contributed by atoms with Gasteiger partial charge in [-0.1, -0.05) is 6.07 Å². The van der Waals surface area contributed by atoms with Crippen LogP contribution in [-0.2, 0) is 9.53 Å². The van der Waals surface area contributed by atoms with Crippen molar-refractivity contribution in [1.82, 2.24) is 0 Å². The van der Waals surface area contributed by atoms with E-state index in [9.17, 15) is 9.18 Å². The molecule has 0 N–H and O–H groups in total. The number of carbonyl (C=O) groups excluding carboxylic acids is 1. The van der Waals surface area contributed by atoms with Gasteiger partial charge in [-0.05, 0) is 25.5 Å². The predicted molar refractivity (Wildman–Crippen MR) is 53.3 cm³/mol. The average molecular weight is 212 g/mol. The largest absolute Gasteiger partial charge is 0.482 e. The minimum Gasteiger partial charge on any atom is -0.482 e. The highest BCUT2D eigenvalue weighted by molar-refractivity contribution is 5.71. The lowest BCUT2D eigenvalue weighted by Crippen LogP contribution is -2.14. The zero-order valence-electron chi connectivity index (χ0n) is 8.75. The molecule has 82 valence electrons. The molecule has 0 aliphatic carbocycles. The van der Waals surface area contributed by atoms with Gasteiger partial charge in [0.1, 0.15) is 11.6 Å². The highest BCUT2D eigenvalue weighted by Crippen LogP contribution is 2.15. The van der Waals surface area contributed by atoms with Crippen LogP contribution in [0.15, 0.2) is 18.2 Å². The molecule has 15 heavy (non-hydrogen) atoms. The normalized spacial score (nSPS) is 9.80. The van der Waals surface area contributed by atoms with Crippen molar-refractivity contribution >= 4 is 5.97 Å². The van der Waals surface area contributed by atoms with Gasteiger partial charge in [0.05, 0.1) is 6.61 Å². The molecule has 0 bridgehead atoms. The SMILES string of the molecule is CCOC(=O)COc1ccc(C)c(F)c1. The fourth-order valence-electron chi connectivity index (χ4n) is 1.01. The summed E-state index contributed by atoms with van der Waals surface area (Å²) in [7, 11) is 0. The van der Waals surface area contributed by atoms with E-state index in [0.717, 1.165) is 0 Å². The van der Waals surface area contributed by atoms with Gasteiger partial charge in [-0.3, -0.25) is 0 Å². The third kappa shape index (κ3) is 3.58. The van der Waals surface area contributed by atoms with Gasteiger partial charge < -0.3 is 9.47 Å². The minimum atomic E-state index is -0.460. The van der Waals surface area contributed by atoms with Gasteiger partial charge in [-0.2, -0.15) is 0 Å². The maximum atomic E-state index is 13.1. The topological polar surface area (TPSA) is 35.5 Å². The fourth-order valence-corrected chi connectivity index (χ4v) is 1.01. The summed E-state index contributed by atoms with van der Waals surface area (Å²) >= 11 is 0. The lowest BCUT2D eigenvalue weighted by atomic mass is 10.2. The molecule has 1 rings (SSSR count). The van der Waals surface area contributed by atoms with Crippen LogP contribution in [0.25, 0.3) is 0 Å². The number of rotatable bonds is 4. The molecule has 0 atom stereocenters. The number of ether oxygens (including phenoxy) is 2. The molecule has 1 aromatic rings. The van der Waals surface area contributed by atoms with Crippen molar-refractivity contribution in [1.29, 1.82) is 0 Å². The molecular weight excluding hydrogens is 199 g/mol. The lowest BCUT2D eigenvalue weighted by molar-refractivity contribution is -0.145. The molecule has 0 fully saturated rings. The summed E-state index contributed by atoms with van der Waals surface area (Å²) in [4.78, 5) is 10.9. The number of esters is 1. The van der Waals surface area contributed by atoms with E-state index in [-0.39, 0.29) is 12.4 Å². The number of aryl methyl sites for hydroxylation is 1. The second-order valence-electron chi connectivity index (χ2n) is 3.00. The van der Waals surface area contributed by atoms with Crippen molar-refractivity contribution in [2.75, 3.05) is 13.2 Å². The van der Waals surface area contributed by atoms with Crippen LogP contribution in [0.4, 0.5) is 4.39 Å². The highest BCUT2D eigenvalue weighted by atomic mass is 19.1. The monoisotopic (exact) mass is 212 g/mol. The van der Waals surface area contributed by atoms with Crippen LogP contribution in [0.2, 0.25) is 0 Å². The zero-order chi connectivity index (χ0) is 11.3. The van der Waals surface area contributed by atoms with E-state index in [0.29, 0.717) is 17.9 Å². The molecule has 4 heteroatoms. The Balaban J connectivity index is 2.51. The Hall–Kier alpha value is -1.58. The first kappa shape index (κ1) is 11.5. The highest BCUT2D eigenvalue weighted by Gasteiger charge is 2.04. The Bertz CT molecular complexity index is 350. The smallest absolute Gasteiger partial charge is 0.344 e. The van der Waals surface area contributed by atoms with Crippen molar-refractivity contribution < 1.29 is 18.7 Å². The summed E-state index contributed by atoms with van der Waals surface area (Å²) in [5.41, 5.74) is 0.540.